The minimum Gasteiger partial charge on any atom is -0.497 e. The summed E-state index contributed by atoms with van der Waals surface area (Å²) in [6.07, 6.45) is 0.726. The minimum atomic E-state index is -4.04. The lowest BCUT2D eigenvalue weighted by atomic mass is 10.1. The second-order valence-electron chi connectivity index (χ2n) is 7.61. The zero-order valence-electron chi connectivity index (χ0n) is 17.7. The summed E-state index contributed by atoms with van der Waals surface area (Å²) < 4.78 is 33.4. The molecular weight excluding hydrogens is 448 g/mol. The molecule has 0 saturated heterocycles. The molecule has 0 unspecified atom stereocenters. The van der Waals surface area contributed by atoms with Gasteiger partial charge in [0, 0.05) is 16.8 Å². The number of halogens is 1. The van der Waals surface area contributed by atoms with Crippen LogP contribution in [0.25, 0.3) is 0 Å². The molecule has 0 fully saturated rings. The summed E-state index contributed by atoms with van der Waals surface area (Å²) in [7, 11) is -2.53. The largest absolute Gasteiger partial charge is 0.497 e. The van der Waals surface area contributed by atoms with Gasteiger partial charge in [0.15, 0.2) is 0 Å². The summed E-state index contributed by atoms with van der Waals surface area (Å²) in [4.78, 5) is 15.2. The Morgan fingerprint density at radius 3 is 2.50 bits per heavy atom. The molecule has 0 aromatic heterocycles. The van der Waals surface area contributed by atoms with Crippen LogP contribution in [0.2, 0.25) is 5.02 Å². The van der Waals surface area contributed by atoms with Gasteiger partial charge in [0.25, 0.3) is 10.0 Å². The number of para-hydroxylation sites is 1. The number of benzene rings is 3. The molecule has 0 aliphatic carbocycles. The average molecular weight is 471 g/mol. The number of carbonyl (C=O) groups is 1. The molecule has 1 aliphatic rings. The van der Waals surface area contributed by atoms with Crippen LogP contribution in [0.3, 0.4) is 0 Å². The Kier molecular flexibility index (Phi) is 6.13. The number of nitrogens with zero attached hydrogens (tertiary/aromatic N) is 2. The summed E-state index contributed by atoms with van der Waals surface area (Å²) in [6, 6.07) is 20.2. The highest BCUT2D eigenvalue weighted by molar-refractivity contribution is 7.92. The third-order valence-corrected chi connectivity index (χ3v) is 7.52. The van der Waals surface area contributed by atoms with Gasteiger partial charge in [0.05, 0.1) is 17.7 Å². The van der Waals surface area contributed by atoms with Crippen molar-refractivity contribution in [3.8, 4) is 5.75 Å². The number of amides is 1. The van der Waals surface area contributed by atoms with Gasteiger partial charge in [-0.15, -0.1) is 0 Å². The number of carbonyl (C=O) groups excluding carboxylic acids is 1. The highest BCUT2D eigenvalue weighted by Crippen LogP contribution is 2.33. The fraction of sp³-hybridized carbons (Fsp3) is 0.208. The van der Waals surface area contributed by atoms with Crippen molar-refractivity contribution >= 4 is 38.9 Å². The minimum absolute atomic E-state index is 0.0564. The first-order chi connectivity index (χ1) is 15.3. The maximum absolute atomic E-state index is 13.6. The van der Waals surface area contributed by atoms with Crippen LogP contribution >= 0.6 is 11.6 Å². The van der Waals surface area contributed by atoms with Crippen LogP contribution in [-0.2, 0) is 21.2 Å². The normalized spacial score (nSPS) is 15.3. The lowest BCUT2D eigenvalue weighted by Crippen LogP contribution is -2.45. The molecule has 0 radical (unpaired) electrons. The van der Waals surface area contributed by atoms with Crippen LogP contribution in [0.15, 0.2) is 77.7 Å². The smallest absolute Gasteiger partial charge is 0.264 e. The quantitative estimate of drug-likeness (QED) is 0.531. The molecule has 1 heterocycles. The number of ether oxygens (including phenoxy) is 1. The molecule has 3 aromatic rings. The van der Waals surface area contributed by atoms with E-state index in [0.29, 0.717) is 16.5 Å². The molecule has 1 atom stereocenters. The first kappa shape index (κ1) is 22.2. The van der Waals surface area contributed by atoms with Gasteiger partial charge in [-0.1, -0.05) is 35.9 Å². The molecule has 4 rings (SSSR count). The highest BCUT2D eigenvalue weighted by Gasteiger charge is 2.34. The predicted molar refractivity (Wildman–Crippen MR) is 126 cm³/mol. The maximum atomic E-state index is 13.6. The Labute approximate surface area is 193 Å². The van der Waals surface area contributed by atoms with Crippen LogP contribution in [0.1, 0.15) is 12.5 Å². The Morgan fingerprint density at radius 2 is 1.81 bits per heavy atom. The van der Waals surface area contributed by atoms with Gasteiger partial charge in [0.1, 0.15) is 12.3 Å². The number of rotatable bonds is 6. The molecule has 0 spiro atoms. The molecule has 0 bridgehead atoms. The number of fused-ring (bicyclic) bond motifs is 1. The third kappa shape index (κ3) is 4.18. The standard InChI is InChI=1S/C24H23ClN2O4S/c1-17-14-18-6-3-4-9-23(18)27(17)24(28)16-26(20-8-5-7-19(25)15-20)32(29,30)22-12-10-21(31-2)11-13-22/h3-13,15,17H,14,16H2,1-2H3/t17-/m0/s1. The zero-order valence-corrected chi connectivity index (χ0v) is 19.3. The van der Waals surface area contributed by atoms with Crippen LogP contribution in [0.5, 0.6) is 5.75 Å². The van der Waals surface area contributed by atoms with Crippen LogP contribution < -0.4 is 13.9 Å². The van der Waals surface area contributed by atoms with Crippen molar-refractivity contribution < 1.29 is 17.9 Å². The lowest BCUT2D eigenvalue weighted by Gasteiger charge is -2.29. The van der Waals surface area contributed by atoms with E-state index in [0.717, 1.165) is 22.0 Å². The zero-order chi connectivity index (χ0) is 22.9. The summed E-state index contributed by atoms with van der Waals surface area (Å²) in [5, 5.41) is 0.379. The molecule has 1 amide bonds. The Balaban J connectivity index is 1.73. The van der Waals surface area contributed by atoms with Crippen LogP contribution in [0, 0.1) is 0 Å². The average Bonchev–Trinajstić information content (AvgIpc) is 3.13. The van der Waals surface area contributed by atoms with E-state index >= 15 is 0 Å². The number of hydrogen-bond donors (Lipinski definition) is 0. The van der Waals surface area contributed by atoms with Gasteiger partial charge in [-0.3, -0.25) is 9.10 Å². The fourth-order valence-corrected chi connectivity index (χ4v) is 5.56. The SMILES string of the molecule is COc1ccc(S(=O)(=O)N(CC(=O)N2c3ccccc3C[C@@H]2C)c2cccc(Cl)c2)cc1. The molecular formula is C24H23ClN2O4S. The first-order valence-electron chi connectivity index (χ1n) is 10.1. The highest BCUT2D eigenvalue weighted by atomic mass is 35.5. The van der Waals surface area contributed by atoms with Gasteiger partial charge >= 0.3 is 0 Å². The van der Waals surface area contributed by atoms with Gasteiger partial charge in [-0.05, 0) is 67.4 Å². The number of hydrogen-bond acceptors (Lipinski definition) is 4. The van der Waals surface area contributed by atoms with Crippen LogP contribution in [-0.4, -0.2) is 34.0 Å². The van der Waals surface area contributed by atoms with Crippen molar-refractivity contribution in [2.75, 3.05) is 22.9 Å². The van der Waals surface area contributed by atoms with E-state index in [-0.39, 0.29) is 23.4 Å². The van der Waals surface area contributed by atoms with E-state index in [1.165, 1.54) is 25.3 Å². The summed E-state index contributed by atoms with van der Waals surface area (Å²) in [5.41, 5.74) is 2.21. The molecule has 0 N–H and O–H groups in total. The molecule has 1 aliphatic heterocycles. The maximum Gasteiger partial charge on any atom is 0.264 e. The van der Waals surface area contributed by atoms with Gasteiger partial charge in [0.2, 0.25) is 5.91 Å². The van der Waals surface area contributed by atoms with Crippen molar-refractivity contribution in [1.29, 1.82) is 0 Å². The van der Waals surface area contributed by atoms with Crippen molar-refractivity contribution in [2.45, 2.75) is 24.3 Å². The fourth-order valence-electron chi connectivity index (χ4n) is 3.97. The Bertz CT molecular complexity index is 1240. The molecule has 3 aromatic carbocycles. The van der Waals surface area contributed by atoms with E-state index in [9.17, 15) is 13.2 Å². The Morgan fingerprint density at radius 1 is 1.09 bits per heavy atom. The van der Waals surface area contributed by atoms with Crippen molar-refractivity contribution in [3.05, 3.63) is 83.4 Å². The Hall–Kier alpha value is -3.03. The van der Waals surface area contributed by atoms with Crippen LogP contribution in [0.4, 0.5) is 11.4 Å². The van der Waals surface area contributed by atoms with E-state index in [2.05, 4.69) is 0 Å². The third-order valence-electron chi connectivity index (χ3n) is 5.50. The number of sulfonamides is 1. The van der Waals surface area contributed by atoms with Gasteiger partial charge in [-0.25, -0.2) is 8.42 Å². The van der Waals surface area contributed by atoms with E-state index < -0.39 is 10.0 Å². The molecule has 6 nitrogen and oxygen atoms in total. The lowest BCUT2D eigenvalue weighted by molar-refractivity contribution is -0.117. The summed E-state index contributed by atoms with van der Waals surface area (Å²) >= 11 is 6.14. The molecule has 8 heteroatoms. The number of anilines is 2. The van der Waals surface area contributed by atoms with E-state index in [1.807, 2.05) is 31.2 Å². The molecule has 166 valence electrons. The van der Waals surface area contributed by atoms with Crippen molar-refractivity contribution in [3.63, 3.8) is 0 Å². The summed E-state index contributed by atoms with van der Waals surface area (Å²) in [6.45, 7) is 1.60. The van der Waals surface area contributed by atoms with Crippen molar-refractivity contribution in [1.82, 2.24) is 0 Å². The summed E-state index contributed by atoms with van der Waals surface area (Å²) in [5.74, 6) is 0.233. The second kappa shape index (κ2) is 8.84. The monoisotopic (exact) mass is 470 g/mol. The number of methoxy groups -OCH3 is 1. The van der Waals surface area contributed by atoms with E-state index in [4.69, 9.17) is 16.3 Å². The van der Waals surface area contributed by atoms with Crippen molar-refractivity contribution in [2.24, 2.45) is 0 Å². The predicted octanol–water partition coefficient (Wildman–Crippen LogP) is 4.52. The molecule has 32 heavy (non-hydrogen) atoms. The molecule has 0 saturated carbocycles. The second-order valence-corrected chi connectivity index (χ2v) is 9.91. The van der Waals surface area contributed by atoms with E-state index in [1.54, 1.807) is 35.2 Å². The first-order valence-corrected chi connectivity index (χ1v) is 12.0. The van der Waals surface area contributed by atoms with Gasteiger partial charge < -0.3 is 9.64 Å². The van der Waals surface area contributed by atoms with Gasteiger partial charge in [-0.2, -0.15) is 0 Å². The topological polar surface area (TPSA) is 66.9 Å².